The van der Waals surface area contributed by atoms with E-state index in [2.05, 4.69) is 20.8 Å². The molecule has 1 aliphatic rings. The number of nitrogens with one attached hydrogen (secondary N) is 2. The molecule has 2 N–H and O–H groups in total. The minimum Gasteiger partial charge on any atom is -0.365 e. The van der Waals surface area contributed by atoms with Crippen molar-refractivity contribution < 1.29 is 18.0 Å². The number of carbonyl (C=O) groups is 1. The zero-order chi connectivity index (χ0) is 15.5. The van der Waals surface area contributed by atoms with Gasteiger partial charge in [-0.25, -0.2) is 0 Å². The number of hydrogen-bond acceptors (Lipinski definition) is 4. The third kappa shape index (κ3) is 3.83. The molecule has 116 valence electrons. The number of amides is 1. The minimum absolute atomic E-state index is 0.0629. The number of rotatable bonds is 3. The number of hydrogen-bond donors (Lipinski definition) is 2. The van der Waals surface area contributed by atoms with Gasteiger partial charge in [0, 0.05) is 13.1 Å². The van der Waals surface area contributed by atoms with Crippen LogP contribution in [0.15, 0.2) is 12.1 Å². The van der Waals surface area contributed by atoms with Crippen molar-refractivity contribution in [2.24, 2.45) is 5.92 Å². The zero-order valence-corrected chi connectivity index (χ0v) is 11.6. The van der Waals surface area contributed by atoms with Crippen LogP contribution in [0, 0.1) is 5.92 Å². The molecule has 1 aromatic heterocycles. The number of anilines is 1. The Kier molecular flexibility index (Phi) is 4.64. The normalized spacial score (nSPS) is 22.7. The van der Waals surface area contributed by atoms with E-state index < -0.39 is 11.9 Å². The fraction of sp³-hybridized carbons (Fsp3) is 0.615. The molecule has 8 heteroatoms. The SMILES string of the molecule is CNC(=O)[C@@H]1CCCC[C@@H]1Nc1ccc(C(F)(F)F)nn1. The number of halogens is 3. The highest BCUT2D eigenvalue weighted by Crippen LogP contribution is 2.29. The summed E-state index contributed by atoms with van der Waals surface area (Å²) >= 11 is 0. The van der Waals surface area contributed by atoms with Crippen LogP contribution in [0.3, 0.4) is 0 Å². The van der Waals surface area contributed by atoms with Crippen LogP contribution < -0.4 is 10.6 Å². The summed E-state index contributed by atoms with van der Waals surface area (Å²) in [7, 11) is 1.58. The van der Waals surface area contributed by atoms with Gasteiger partial charge < -0.3 is 10.6 Å². The fourth-order valence-corrected chi connectivity index (χ4v) is 2.55. The number of aromatic nitrogens is 2. The van der Waals surface area contributed by atoms with Crippen LogP contribution in [-0.2, 0) is 11.0 Å². The molecule has 0 unspecified atom stereocenters. The van der Waals surface area contributed by atoms with Crippen molar-refractivity contribution in [3.05, 3.63) is 17.8 Å². The van der Waals surface area contributed by atoms with Crippen LogP contribution in [-0.4, -0.2) is 29.2 Å². The minimum atomic E-state index is -4.50. The summed E-state index contributed by atoms with van der Waals surface area (Å²) in [6.07, 6.45) is -1.03. The van der Waals surface area contributed by atoms with E-state index in [0.29, 0.717) is 0 Å². The fourth-order valence-electron chi connectivity index (χ4n) is 2.55. The number of nitrogens with zero attached hydrogens (tertiary/aromatic N) is 2. The molecule has 0 aromatic carbocycles. The van der Waals surface area contributed by atoms with Gasteiger partial charge in [-0.05, 0) is 25.0 Å². The molecule has 2 rings (SSSR count). The first-order valence-electron chi connectivity index (χ1n) is 6.81. The third-order valence-electron chi connectivity index (χ3n) is 3.64. The predicted octanol–water partition coefficient (Wildman–Crippen LogP) is 2.21. The van der Waals surface area contributed by atoms with E-state index in [0.717, 1.165) is 31.7 Å². The zero-order valence-electron chi connectivity index (χ0n) is 11.6. The van der Waals surface area contributed by atoms with E-state index in [1.54, 1.807) is 7.05 Å². The predicted molar refractivity (Wildman–Crippen MR) is 70.5 cm³/mol. The van der Waals surface area contributed by atoms with Crippen molar-refractivity contribution in [2.75, 3.05) is 12.4 Å². The van der Waals surface area contributed by atoms with Crippen molar-refractivity contribution >= 4 is 11.7 Å². The molecule has 1 aliphatic carbocycles. The second kappa shape index (κ2) is 6.28. The third-order valence-corrected chi connectivity index (χ3v) is 3.64. The molecule has 0 radical (unpaired) electrons. The Morgan fingerprint density at radius 2 is 1.95 bits per heavy atom. The summed E-state index contributed by atoms with van der Waals surface area (Å²) in [6.45, 7) is 0. The summed E-state index contributed by atoms with van der Waals surface area (Å²) in [5.41, 5.74) is -1.03. The van der Waals surface area contributed by atoms with E-state index in [1.807, 2.05) is 0 Å². The van der Waals surface area contributed by atoms with Gasteiger partial charge in [0.1, 0.15) is 5.82 Å². The van der Waals surface area contributed by atoms with Gasteiger partial charge >= 0.3 is 6.18 Å². The molecule has 1 saturated carbocycles. The quantitative estimate of drug-likeness (QED) is 0.898. The molecule has 1 aromatic rings. The molecule has 1 fully saturated rings. The van der Waals surface area contributed by atoms with Crippen LogP contribution in [0.25, 0.3) is 0 Å². The molecule has 0 bridgehead atoms. The summed E-state index contributed by atoms with van der Waals surface area (Å²) in [6, 6.07) is 1.99. The maximum absolute atomic E-state index is 12.4. The maximum atomic E-state index is 12.4. The Balaban J connectivity index is 2.07. The Morgan fingerprint density at radius 3 is 2.52 bits per heavy atom. The Bertz CT molecular complexity index is 489. The summed E-state index contributed by atoms with van der Waals surface area (Å²) in [5.74, 6) is -0.0104. The largest absolute Gasteiger partial charge is 0.435 e. The summed E-state index contributed by atoms with van der Waals surface area (Å²) in [5, 5.41) is 12.4. The molecule has 1 amide bonds. The Labute approximate surface area is 120 Å². The lowest BCUT2D eigenvalue weighted by atomic mass is 9.84. The second-order valence-electron chi connectivity index (χ2n) is 5.06. The van der Waals surface area contributed by atoms with Crippen LogP contribution in [0.5, 0.6) is 0 Å². The summed E-state index contributed by atoms with van der Waals surface area (Å²) in [4.78, 5) is 11.8. The van der Waals surface area contributed by atoms with Gasteiger partial charge in [-0.1, -0.05) is 12.8 Å². The lowest BCUT2D eigenvalue weighted by Crippen LogP contribution is -2.42. The van der Waals surface area contributed by atoms with Gasteiger partial charge in [-0.15, -0.1) is 10.2 Å². The molecule has 0 saturated heterocycles. The van der Waals surface area contributed by atoms with E-state index >= 15 is 0 Å². The Morgan fingerprint density at radius 1 is 1.24 bits per heavy atom. The molecule has 5 nitrogen and oxygen atoms in total. The smallest absolute Gasteiger partial charge is 0.365 e. The first kappa shape index (κ1) is 15.5. The molecule has 2 atom stereocenters. The van der Waals surface area contributed by atoms with Crippen molar-refractivity contribution in [3.8, 4) is 0 Å². The Hall–Kier alpha value is -1.86. The average Bonchev–Trinajstić information content (AvgIpc) is 2.46. The second-order valence-corrected chi connectivity index (χ2v) is 5.06. The van der Waals surface area contributed by atoms with Crippen molar-refractivity contribution in [1.82, 2.24) is 15.5 Å². The van der Waals surface area contributed by atoms with Gasteiger partial charge in [0.05, 0.1) is 5.92 Å². The van der Waals surface area contributed by atoms with Gasteiger partial charge in [0.15, 0.2) is 5.69 Å². The van der Waals surface area contributed by atoms with Crippen molar-refractivity contribution in [3.63, 3.8) is 0 Å². The first-order valence-corrected chi connectivity index (χ1v) is 6.81. The van der Waals surface area contributed by atoms with Crippen LogP contribution in [0.2, 0.25) is 0 Å². The van der Waals surface area contributed by atoms with E-state index in [-0.39, 0.29) is 23.7 Å². The highest BCUT2D eigenvalue weighted by molar-refractivity contribution is 5.79. The molecule has 0 spiro atoms. The van der Waals surface area contributed by atoms with Gasteiger partial charge in [-0.3, -0.25) is 4.79 Å². The topological polar surface area (TPSA) is 66.9 Å². The van der Waals surface area contributed by atoms with Crippen LogP contribution in [0.4, 0.5) is 19.0 Å². The lowest BCUT2D eigenvalue weighted by Gasteiger charge is -2.31. The average molecular weight is 302 g/mol. The molecule has 21 heavy (non-hydrogen) atoms. The standard InChI is InChI=1S/C13H17F3N4O/c1-17-12(21)8-4-2-3-5-9(8)18-11-7-6-10(19-20-11)13(14,15)16/h6-9H,2-5H2,1H3,(H,17,21)(H,18,20)/t8-,9+/m1/s1. The van der Waals surface area contributed by atoms with Gasteiger partial charge in [0.25, 0.3) is 0 Å². The van der Waals surface area contributed by atoms with Crippen LogP contribution in [0.1, 0.15) is 31.4 Å². The van der Waals surface area contributed by atoms with Gasteiger partial charge in [0.2, 0.25) is 5.91 Å². The highest BCUT2D eigenvalue weighted by atomic mass is 19.4. The number of alkyl halides is 3. The maximum Gasteiger partial charge on any atom is 0.435 e. The number of carbonyl (C=O) groups excluding carboxylic acids is 1. The molecule has 1 heterocycles. The van der Waals surface area contributed by atoms with E-state index in [4.69, 9.17) is 0 Å². The lowest BCUT2D eigenvalue weighted by molar-refractivity contribution is -0.141. The van der Waals surface area contributed by atoms with Gasteiger partial charge in [-0.2, -0.15) is 13.2 Å². The van der Waals surface area contributed by atoms with Crippen molar-refractivity contribution in [2.45, 2.75) is 37.9 Å². The van der Waals surface area contributed by atoms with Crippen molar-refractivity contribution in [1.29, 1.82) is 0 Å². The monoisotopic (exact) mass is 302 g/mol. The molecular formula is C13H17F3N4O. The van der Waals surface area contributed by atoms with Crippen LogP contribution >= 0.6 is 0 Å². The van der Waals surface area contributed by atoms with E-state index in [9.17, 15) is 18.0 Å². The molecular weight excluding hydrogens is 285 g/mol. The highest BCUT2D eigenvalue weighted by Gasteiger charge is 2.34. The first-order chi connectivity index (χ1) is 9.91. The summed E-state index contributed by atoms with van der Waals surface area (Å²) < 4.78 is 37.2. The molecule has 0 aliphatic heterocycles. The van der Waals surface area contributed by atoms with E-state index in [1.165, 1.54) is 6.07 Å².